The minimum atomic E-state index is -0.970. The summed E-state index contributed by atoms with van der Waals surface area (Å²) in [6.45, 7) is 8.72. The van der Waals surface area contributed by atoms with Crippen molar-refractivity contribution in [1.29, 1.82) is 0 Å². The minimum absolute atomic E-state index is 0.0220. The second-order valence-corrected chi connectivity index (χ2v) is 7.59. The Morgan fingerprint density at radius 1 is 1.40 bits per heavy atom. The van der Waals surface area contributed by atoms with Crippen molar-refractivity contribution in [2.75, 3.05) is 13.1 Å². The zero-order chi connectivity index (χ0) is 21.8. The standard InChI is InChI=1S/C23H27F2N4P/c1-17(29-15-5-14-28-13-4-12-27-2)20-6-3-7-21(25)23(20)30-16-22(26)18-8-10-19(24)11-9-18/h3-4,6-10,12-13,16,19,29-30H,1-2,5,11,14-15,26H2/b12-4-,22-16-,28-13-. The normalized spacial score (nSPS) is 17.2. The predicted molar refractivity (Wildman–Crippen MR) is 127 cm³/mol. The largest absolute Gasteiger partial charge is 0.398 e. The van der Waals surface area contributed by atoms with Crippen LogP contribution in [0.25, 0.3) is 5.70 Å². The lowest BCUT2D eigenvalue weighted by atomic mass is 10.0. The van der Waals surface area contributed by atoms with Gasteiger partial charge in [0.25, 0.3) is 0 Å². The first kappa shape index (κ1) is 23.4. The Labute approximate surface area is 178 Å². The summed E-state index contributed by atoms with van der Waals surface area (Å²) in [6.07, 6.45) is 10.0. The van der Waals surface area contributed by atoms with Crippen LogP contribution in [0.4, 0.5) is 8.78 Å². The van der Waals surface area contributed by atoms with Gasteiger partial charge in [0, 0.05) is 54.2 Å². The molecule has 158 valence electrons. The zero-order valence-corrected chi connectivity index (χ0v) is 17.8. The van der Waals surface area contributed by atoms with E-state index in [9.17, 15) is 8.78 Å². The third-order valence-electron chi connectivity index (χ3n) is 4.28. The minimum Gasteiger partial charge on any atom is -0.398 e. The Bertz CT molecular complexity index is 900. The molecule has 0 radical (unpaired) electrons. The third-order valence-corrected chi connectivity index (χ3v) is 5.53. The summed E-state index contributed by atoms with van der Waals surface area (Å²) in [5, 5.41) is 3.77. The van der Waals surface area contributed by atoms with Crippen molar-refractivity contribution < 1.29 is 8.78 Å². The summed E-state index contributed by atoms with van der Waals surface area (Å²) < 4.78 is 27.7. The number of nitrogens with one attached hydrogen (secondary N) is 1. The van der Waals surface area contributed by atoms with Crippen LogP contribution >= 0.6 is 8.58 Å². The van der Waals surface area contributed by atoms with E-state index >= 15 is 0 Å². The van der Waals surface area contributed by atoms with Crippen molar-refractivity contribution in [3.8, 4) is 0 Å². The predicted octanol–water partition coefficient (Wildman–Crippen LogP) is 4.39. The Balaban J connectivity index is 1.96. The zero-order valence-electron chi connectivity index (χ0n) is 16.8. The van der Waals surface area contributed by atoms with Crippen LogP contribution in [-0.2, 0) is 0 Å². The molecule has 1 aromatic carbocycles. The lowest BCUT2D eigenvalue weighted by Crippen LogP contribution is -2.19. The summed E-state index contributed by atoms with van der Waals surface area (Å²) in [7, 11) is 0.0220. The molecule has 2 rings (SSSR count). The SMILES string of the molecule is C=N/C=C\C=N/CCCNC(=C)c1cccc(F)c1P/C=C(\N)C1=CCC(F)C=C1. The number of alkyl halides is 1. The molecule has 1 aliphatic rings. The maximum absolute atomic E-state index is 14.5. The second kappa shape index (κ2) is 12.7. The molecule has 2 unspecified atom stereocenters. The number of hydrogen-bond donors (Lipinski definition) is 2. The van der Waals surface area contributed by atoms with Crippen molar-refractivity contribution in [2.24, 2.45) is 15.7 Å². The monoisotopic (exact) mass is 428 g/mol. The molecule has 1 aromatic rings. The Hall–Kier alpha value is -2.85. The Kier molecular flexibility index (Phi) is 9.88. The quantitative estimate of drug-likeness (QED) is 0.312. The third kappa shape index (κ3) is 7.53. The van der Waals surface area contributed by atoms with Crippen LogP contribution in [-0.4, -0.2) is 32.2 Å². The fraction of sp³-hybridized carbons (Fsp3) is 0.217. The Morgan fingerprint density at radius 2 is 2.23 bits per heavy atom. The van der Waals surface area contributed by atoms with Crippen LogP contribution in [0, 0.1) is 5.82 Å². The molecule has 3 N–H and O–H groups in total. The van der Waals surface area contributed by atoms with Gasteiger partial charge in [-0.1, -0.05) is 39.4 Å². The molecule has 2 atom stereocenters. The molecular weight excluding hydrogens is 401 g/mol. The van der Waals surface area contributed by atoms with E-state index in [4.69, 9.17) is 5.73 Å². The number of halogens is 2. The highest BCUT2D eigenvalue weighted by Crippen LogP contribution is 2.25. The lowest BCUT2D eigenvalue weighted by molar-refractivity contribution is 0.401. The molecule has 0 saturated carbocycles. The smallest absolute Gasteiger partial charge is 0.131 e. The number of aliphatic imine (C=N–C) groups is 2. The Morgan fingerprint density at radius 3 is 2.97 bits per heavy atom. The molecule has 0 fully saturated rings. The van der Waals surface area contributed by atoms with Gasteiger partial charge in [0.2, 0.25) is 0 Å². The van der Waals surface area contributed by atoms with Gasteiger partial charge in [-0.05, 0) is 42.7 Å². The van der Waals surface area contributed by atoms with Gasteiger partial charge in [-0.2, -0.15) is 0 Å². The lowest BCUT2D eigenvalue weighted by Gasteiger charge is -2.14. The number of nitrogens with two attached hydrogens (primary N) is 1. The van der Waals surface area contributed by atoms with Gasteiger partial charge in [-0.3, -0.25) is 9.98 Å². The first-order valence-electron chi connectivity index (χ1n) is 9.60. The number of rotatable bonds is 11. The van der Waals surface area contributed by atoms with Gasteiger partial charge in [0.1, 0.15) is 12.0 Å². The summed E-state index contributed by atoms with van der Waals surface area (Å²) in [5.41, 5.74) is 8.77. The highest BCUT2D eigenvalue weighted by molar-refractivity contribution is 7.50. The molecule has 0 bridgehead atoms. The fourth-order valence-corrected chi connectivity index (χ4v) is 3.78. The fourth-order valence-electron chi connectivity index (χ4n) is 2.70. The molecule has 1 aliphatic carbocycles. The second-order valence-electron chi connectivity index (χ2n) is 6.51. The van der Waals surface area contributed by atoms with Crippen molar-refractivity contribution in [3.63, 3.8) is 0 Å². The van der Waals surface area contributed by atoms with E-state index < -0.39 is 6.17 Å². The molecule has 4 nitrogen and oxygen atoms in total. The summed E-state index contributed by atoms with van der Waals surface area (Å²) >= 11 is 0. The van der Waals surface area contributed by atoms with Gasteiger partial charge in [-0.15, -0.1) is 0 Å². The number of benzene rings is 1. The molecule has 0 amide bonds. The number of nitrogens with zero attached hydrogens (tertiary/aromatic N) is 2. The van der Waals surface area contributed by atoms with Gasteiger partial charge in [0.15, 0.2) is 0 Å². The van der Waals surface area contributed by atoms with Crippen LogP contribution in [0.15, 0.2) is 82.4 Å². The molecule has 7 heteroatoms. The molecular formula is C23H27F2N4P. The van der Waals surface area contributed by atoms with E-state index in [2.05, 4.69) is 28.6 Å². The highest BCUT2D eigenvalue weighted by atomic mass is 31.1. The van der Waals surface area contributed by atoms with Crippen molar-refractivity contribution in [1.82, 2.24) is 5.32 Å². The van der Waals surface area contributed by atoms with E-state index in [1.807, 2.05) is 6.07 Å². The van der Waals surface area contributed by atoms with E-state index in [0.29, 0.717) is 36.2 Å². The van der Waals surface area contributed by atoms with Crippen molar-refractivity contribution >= 4 is 32.5 Å². The van der Waals surface area contributed by atoms with Gasteiger partial charge in [-0.25, -0.2) is 8.78 Å². The number of allylic oxidation sites excluding steroid dienone is 4. The van der Waals surface area contributed by atoms with Gasteiger partial charge < -0.3 is 11.1 Å². The maximum Gasteiger partial charge on any atom is 0.131 e. The van der Waals surface area contributed by atoms with E-state index in [0.717, 1.165) is 17.6 Å². The average molecular weight is 428 g/mol. The molecule has 30 heavy (non-hydrogen) atoms. The van der Waals surface area contributed by atoms with Crippen LogP contribution in [0.2, 0.25) is 0 Å². The van der Waals surface area contributed by atoms with E-state index in [-0.39, 0.29) is 14.4 Å². The van der Waals surface area contributed by atoms with Gasteiger partial charge >= 0.3 is 0 Å². The van der Waals surface area contributed by atoms with E-state index in [1.54, 1.807) is 42.5 Å². The first-order chi connectivity index (χ1) is 14.5. The van der Waals surface area contributed by atoms with Crippen LogP contribution in [0.1, 0.15) is 18.4 Å². The molecule has 0 aromatic heterocycles. The summed E-state index contributed by atoms with van der Waals surface area (Å²) in [5.74, 6) is 1.48. The van der Waals surface area contributed by atoms with Crippen LogP contribution in [0.5, 0.6) is 0 Å². The number of hydrogen-bond acceptors (Lipinski definition) is 4. The molecule has 0 heterocycles. The summed E-state index contributed by atoms with van der Waals surface area (Å²) in [6, 6.07) is 4.93. The summed E-state index contributed by atoms with van der Waals surface area (Å²) in [4.78, 5) is 7.81. The van der Waals surface area contributed by atoms with E-state index in [1.165, 1.54) is 12.1 Å². The highest BCUT2D eigenvalue weighted by Gasteiger charge is 2.12. The molecule has 0 spiro atoms. The first-order valence-corrected chi connectivity index (χ1v) is 10.7. The molecule has 0 aliphatic heterocycles. The average Bonchev–Trinajstić information content (AvgIpc) is 2.74. The van der Waals surface area contributed by atoms with Gasteiger partial charge in [0.05, 0.1) is 0 Å². The van der Waals surface area contributed by atoms with Crippen molar-refractivity contribution in [3.05, 3.63) is 83.7 Å². The van der Waals surface area contributed by atoms with Crippen LogP contribution in [0.3, 0.4) is 0 Å². The van der Waals surface area contributed by atoms with Crippen molar-refractivity contribution in [2.45, 2.75) is 19.0 Å². The topological polar surface area (TPSA) is 62.8 Å². The van der Waals surface area contributed by atoms with Crippen LogP contribution < -0.4 is 16.4 Å². The maximum atomic E-state index is 14.5. The molecule has 0 saturated heterocycles.